The summed E-state index contributed by atoms with van der Waals surface area (Å²) in [4.78, 5) is 34.0. The van der Waals surface area contributed by atoms with Crippen LogP contribution >= 0.6 is 0 Å². The van der Waals surface area contributed by atoms with Crippen molar-refractivity contribution < 1.29 is 9.59 Å². The topological polar surface area (TPSA) is 89.3 Å². The first-order valence-electron chi connectivity index (χ1n) is 11.7. The maximum Gasteiger partial charge on any atom is 0.257 e. The summed E-state index contributed by atoms with van der Waals surface area (Å²) in [6.45, 7) is 8.96. The molecular formula is C26H31N5O2. The van der Waals surface area contributed by atoms with E-state index in [2.05, 4.69) is 28.2 Å². The van der Waals surface area contributed by atoms with Crippen molar-refractivity contribution in [1.29, 1.82) is 5.26 Å². The van der Waals surface area contributed by atoms with Crippen LogP contribution in [-0.4, -0.2) is 52.3 Å². The first-order chi connectivity index (χ1) is 15.9. The largest absolute Gasteiger partial charge is 0.337 e. The molecule has 1 aliphatic heterocycles. The maximum atomic E-state index is 12.7. The van der Waals surface area contributed by atoms with Gasteiger partial charge in [0.25, 0.3) is 5.91 Å². The van der Waals surface area contributed by atoms with Gasteiger partial charge in [0.15, 0.2) is 0 Å². The van der Waals surface area contributed by atoms with E-state index in [4.69, 9.17) is 0 Å². The van der Waals surface area contributed by atoms with Crippen LogP contribution in [0, 0.1) is 31.1 Å². The fourth-order valence-electron chi connectivity index (χ4n) is 4.56. The van der Waals surface area contributed by atoms with Crippen molar-refractivity contribution in [3.05, 3.63) is 58.4 Å². The van der Waals surface area contributed by atoms with Crippen molar-refractivity contribution in [3.63, 3.8) is 0 Å². The van der Waals surface area contributed by atoms with Crippen molar-refractivity contribution in [3.8, 4) is 6.07 Å². The lowest BCUT2D eigenvalue weighted by atomic mass is 9.84. The summed E-state index contributed by atoms with van der Waals surface area (Å²) in [5.41, 5.74) is 4.44. The number of hydrogen-bond acceptors (Lipinski definition) is 5. The van der Waals surface area contributed by atoms with Gasteiger partial charge >= 0.3 is 0 Å². The molecule has 0 radical (unpaired) electrons. The minimum Gasteiger partial charge on any atom is -0.337 e. The zero-order chi connectivity index (χ0) is 23.5. The summed E-state index contributed by atoms with van der Waals surface area (Å²) in [6.07, 6.45) is 4.78. The number of nitrogens with one attached hydrogen (secondary N) is 1. The van der Waals surface area contributed by atoms with Crippen molar-refractivity contribution in [1.82, 2.24) is 14.8 Å². The van der Waals surface area contributed by atoms with Crippen LogP contribution in [-0.2, 0) is 11.3 Å². The number of nitrogens with zero attached hydrogens (tertiary/aromatic N) is 4. The van der Waals surface area contributed by atoms with Crippen molar-refractivity contribution in [2.24, 2.45) is 5.92 Å². The molecule has 2 aromatic rings. The van der Waals surface area contributed by atoms with Crippen LogP contribution < -0.4 is 5.32 Å². The molecule has 172 valence electrons. The Hall–Kier alpha value is -3.24. The highest BCUT2D eigenvalue weighted by atomic mass is 16.2. The number of aromatic nitrogens is 1. The van der Waals surface area contributed by atoms with Gasteiger partial charge in [0, 0.05) is 55.7 Å². The van der Waals surface area contributed by atoms with Gasteiger partial charge in [-0.25, -0.2) is 0 Å². The van der Waals surface area contributed by atoms with Crippen molar-refractivity contribution in [2.75, 3.05) is 25.0 Å². The normalized spacial score (nSPS) is 19.0. The van der Waals surface area contributed by atoms with Crippen LogP contribution in [0.25, 0.3) is 0 Å². The smallest absolute Gasteiger partial charge is 0.257 e. The summed E-state index contributed by atoms with van der Waals surface area (Å²) in [7, 11) is 0. The van der Waals surface area contributed by atoms with E-state index in [1.807, 2.05) is 24.8 Å². The number of carbonyl (C=O) groups excluding carboxylic acids is 2. The van der Waals surface area contributed by atoms with E-state index in [1.54, 1.807) is 24.4 Å². The summed E-state index contributed by atoms with van der Waals surface area (Å²) in [6, 6.07) is 9.54. The Morgan fingerprint density at radius 1 is 1.21 bits per heavy atom. The van der Waals surface area contributed by atoms with Crippen LogP contribution in [0.3, 0.4) is 0 Å². The molecule has 1 N–H and O–H groups in total. The highest BCUT2D eigenvalue weighted by Gasteiger charge is 2.34. The number of pyridine rings is 1. The molecule has 1 aromatic heterocycles. The summed E-state index contributed by atoms with van der Waals surface area (Å²) < 4.78 is 0. The Balaban J connectivity index is 1.46. The number of anilines is 1. The monoisotopic (exact) mass is 445 g/mol. The van der Waals surface area contributed by atoms with Gasteiger partial charge in [0.05, 0.1) is 17.2 Å². The molecule has 2 amide bonds. The molecule has 7 heteroatoms. The van der Waals surface area contributed by atoms with E-state index < -0.39 is 0 Å². The van der Waals surface area contributed by atoms with E-state index in [1.165, 1.54) is 6.42 Å². The second kappa shape index (κ2) is 9.72. The SMILES string of the molecule is Cc1ccc(C(=O)Nc2cc(C#N)cc(CN3CCN(C(=O)C4CCC4)[C@@H](C)C3)c2C)cn1. The number of amides is 2. The molecule has 1 saturated heterocycles. The summed E-state index contributed by atoms with van der Waals surface area (Å²) in [5, 5.41) is 12.5. The lowest BCUT2D eigenvalue weighted by Crippen LogP contribution is -2.55. The molecule has 2 fully saturated rings. The van der Waals surface area contributed by atoms with Gasteiger partial charge in [0.1, 0.15) is 0 Å². The van der Waals surface area contributed by atoms with Crippen LogP contribution in [0.2, 0.25) is 0 Å². The number of aryl methyl sites for hydroxylation is 1. The molecule has 4 rings (SSSR count). The van der Waals surface area contributed by atoms with Gasteiger partial charge in [-0.1, -0.05) is 6.42 Å². The molecular weight excluding hydrogens is 414 g/mol. The molecule has 0 unspecified atom stereocenters. The zero-order valence-electron chi connectivity index (χ0n) is 19.6. The number of piperazine rings is 1. The van der Waals surface area contributed by atoms with E-state index in [9.17, 15) is 14.9 Å². The first kappa shape index (κ1) is 22.9. The average molecular weight is 446 g/mol. The van der Waals surface area contributed by atoms with E-state index in [0.717, 1.165) is 49.3 Å². The third-order valence-corrected chi connectivity index (χ3v) is 6.91. The average Bonchev–Trinajstić information content (AvgIpc) is 2.75. The second-order valence-electron chi connectivity index (χ2n) is 9.31. The molecule has 2 aliphatic rings. The molecule has 0 spiro atoms. The van der Waals surface area contributed by atoms with E-state index in [0.29, 0.717) is 29.3 Å². The molecule has 2 heterocycles. The molecule has 1 aliphatic carbocycles. The fraction of sp³-hybridized carbons (Fsp3) is 0.462. The van der Waals surface area contributed by atoms with E-state index in [-0.39, 0.29) is 17.9 Å². The van der Waals surface area contributed by atoms with E-state index >= 15 is 0 Å². The van der Waals surface area contributed by atoms with Gasteiger partial charge in [-0.05, 0) is 69.0 Å². The molecule has 7 nitrogen and oxygen atoms in total. The maximum absolute atomic E-state index is 12.7. The Morgan fingerprint density at radius 3 is 2.61 bits per heavy atom. The minimum atomic E-state index is -0.247. The van der Waals surface area contributed by atoms with Gasteiger partial charge in [-0.15, -0.1) is 0 Å². The lowest BCUT2D eigenvalue weighted by Gasteiger charge is -2.42. The summed E-state index contributed by atoms with van der Waals surface area (Å²) >= 11 is 0. The number of benzene rings is 1. The number of rotatable bonds is 5. The number of carbonyl (C=O) groups is 2. The Labute approximate surface area is 195 Å². The van der Waals surface area contributed by atoms with Crippen LogP contribution in [0.1, 0.15) is 58.9 Å². The second-order valence-corrected chi connectivity index (χ2v) is 9.31. The fourth-order valence-corrected chi connectivity index (χ4v) is 4.56. The highest BCUT2D eigenvalue weighted by Crippen LogP contribution is 2.30. The highest BCUT2D eigenvalue weighted by molar-refractivity contribution is 6.04. The van der Waals surface area contributed by atoms with Crippen molar-refractivity contribution >= 4 is 17.5 Å². The third-order valence-electron chi connectivity index (χ3n) is 6.91. The molecule has 1 atom stereocenters. The number of nitriles is 1. The van der Waals surface area contributed by atoms with Gasteiger partial charge in [0.2, 0.25) is 5.91 Å². The third kappa shape index (κ3) is 5.07. The van der Waals surface area contributed by atoms with Crippen LogP contribution in [0.15, 0.2) is 30.5 Å². The van der Waals surface area contributed by atoms with Gasteiger partial charge < -0.3 is 10.2 Å². The zero-order valence-corrected chi connectivity index (χ0v) is 19.6. The molecule has 1 saturated carbocycles. The van der Waals surface area contributed by atoms with Gasteiger partial charge in [-0.3, -0.25) is 19.5 Å². The molecule has 33 heavy (non-hydrogen) atoms. The van der Waals surface area contributed by atoms with Crippen LogP contribution in [0.4, 0.5) is 5.69 Å². The quantitative estimate of drug-likeness (QED) is 0.759. The number of hydrogen-bond donors (Lipinski definition) is 1. The summed E-state index contributed by atoms with van der Waals surface area (Å²) in [5.74, 6) is 0.290. The van der Waals surface area contributed by atoms with Gasteiger partial charge in [-0.2, -0.15) is 5.26 Å². The molecule has 1 aromatic carbocycles. The minimum absolute atomic E-state index is 0.166. The molecule has 0 bridgehead atoms. The Bertz CT molecular complexity index is 1090. The Morgan fingerprint density at radius 2 is 2.00 bits per heavy atom. The van der Waals surface area contributed by atoms with Crippen LogP contribution in [0.5, 0.6) is 0 Å². The first-order valence-corrected chi connectivity index (χ1v) is 11.7. The Kier molecular flexibility index (Phi) is 6.75. The lowest BCUT2D eigenvalue weighted by molar-refractivity contribution is -0.142. The predicted molar refractivity (Wildman–Crippen MR) is 127 cm³/mol. The van der Waals surface area contributed by atoms with Crippen molar-refractivity contribution in [2.45, 2.75) is 52.6 Å². The standard InChI is InChI=1S/C26H31N5O2/c1-17-7-8-22(14-28-17)25(32)29-24-12-20(13-27)11-23(19(24)3)16-30-9-10-31(18(2)15-30)26(33)21-5-4-6-21/h7-8,11-12,14,18,21H,4-6,9-10,15-16H2,1-3H3,(H,29,32)/t18-/m0/s1. The predicted octanol–water partition coefficient (Wildman–Crippen LogP) is 3.66.